The maximum atomic E-state index is 11.0. The molecule has 106 valence electrons. The van der Waals surface area contributed by atoms with Crippen molar-refractivity contribution in [2.45, 2.75) is 13.3 Å². The summed E-state index contributed by atoms with van der Waals surface area (Å²) >= 11 is 0. The normalized spacial score (nSPS) is 10.7. The van der Waals surface area contributed by atoms with Gasteiger partial charge in [-0.05, 0) is 12.5 Å². The number of hydrogen-bond acceptors (Lipinski definition) is 5. The number of rotatable bonds is 4. The Morgan fingerprint density at radius 1 is 1.43 bits per heavy atom. The summed E-state index contributed by atoms with van der Waals surface area (Å²) < 4.78 is 5.11. The number of aryl methyl sites for hydroxylation is 1. The molecule has 7 nitrogen and oxygen atoms in total. The summed E-state index contributed by atoms with van der Waals surface area (Å²) in [5.41, 5.74) is 2.29. The van der Waals surface area contributed by atoms with Crippen LogP contribution in [-0.2, 0) is 6.42 Å². The van der Waals surface area contributed by atoms with Crippen molar-refractivity contribution in [2.75, 3.05) is 0 Å². The van der Waals surface area contributed by atoms with Crippen molar-refractivity contribution in [1.29, 1.82) is 0 Å². The second-order valence-electron chi connectivity index (χ2n) is 4.61. The SMILES string of the molecule is Cc1cccc(Cc2noc(-c3[nH]cnc3C(=O)O)n2)c1. The lowest BCUT2D eigenvalue weighted by Gasteiger charge is -1.97. The first kappa shape index (κ1) is 13.0. The van der Waals surface area contributed by atoms with Crippen LogP contribution in [0.1, 0.15) is 27.4 Å². The van der Waals surface area contributed by atoms with Gasteiger partial charge in [-0.1, -0.05) is 35.0 Å². The molecule has 0 aliphatic rings. The molecule has 0 saturated heterocycles. The molecule has 0 atom stereocenters. The third-order valence-corrected chi connectivity index (χ3v) is 2.97. The lowest BCUT2D eigenvalue weighted by atomic mass is 10.1. The van der Waals surface area contributed by atoms with Crippen molar-refractivity contribution in [2.24, 2.45) is 0 Å². The predicted octanol–water partition coefficient (Wildman–Crippen LogP) is 2.06. The molecule has 0 fully saturated rings. The minimum absolute atomic E-state index is 0.118. The zero-order valence-corrected chi connectivity index (χ0v) is 11.2. The number of H-pyrrole nitrogens is 1. The topological polar surface area (TPSA) is 105 Å². The second-order valence-corrected chi connectivity index (χ2v) is 4.61. The van der Waals surface area contributed by atoms with Crippen LogP contribution in [0.5, 0.6) is 0 Å². The van der Waals surface area contributed by atoms with Gasteiger partial charge in [0.2, 0.25) is 0 Å². The number of imidazole rings is 1. The number of aromatic nitrogens is 4. The van der Waals surface area contributed by atoms with E-state index in [-0.39, 0.29) is 17.3 Å². The number of aromatic carboxylic acids is 1. The van der Waals surface area contributed by atoms with Crippen LogP contribution in [-0.4, -0.2) is 31.2 Å². The smallest absolute Gasteiger partial charge is 0.356 e. The summed E-state index contributed by atoms with van der Waals surface area (Å²) in [6.45, 7) is 2.01. The molecule has 21 heavy (non-hydrogen) atoms. The summed E-state index contributed by atoms with van der Waals surface area (Å²) in [6, 6.07) is 7.98. The summed E-state index contributed by atoms with van der Waals surface area (Å²) in [4.78, 5) is 21.6. The highest BCUT2D eigenvalue weighted by molar-refractivity contribution is 5.91. The van der Waals surface area contributed by atoms with E-state index < -0.39 is 5.97 Å². The van der Waals surface area contributed by atoms with Crippen LogP contribution in [0.25, 0.3) is 11.6 Å². The fourth-order valence-corrected chi connectivity index (χ4v) is 2.05. The number of benzene rings is 1. The van der Waals surface area contributed by atoms with Crippen molar-refractivity contribution in [3.8, 4) is 11.6 Å². The molecule has 2 N–H and O–H groups in total. The molecule has 0 saturated carbocycles. The van der Waals surface area contributed by atoms with Crippen LogP contribution in [0, 0.1) is 6.92 Å². The molecule has 0 unspecified atom stereocenters. The minimum atomic E-state index is -1.15. The van der Waals surface area contributed by atoms with Gasteiger partial charge in [0.05, 0.1) is 6.33 Å². The molecular formula is C14H12N4O3. The molecule has 0 aliphatic heterocycles. The van der Waals surface area contributed by atoms with E-state index in [0.29, 0.717) is 12.2 Å². The van der Waals surface area contributed by atoms with Gasteiger partial charge in [-0.2, -0.15) is 4.98 Å². The highest BCUT2D eigenvalue weighted by atomic mass is 16.5. The maximum Gasteiger partial charge on any atom is 0.356 e. The van der Waals surface area contributed by atoms with Crippen molar-refractivity contribution in [1.82, 2.24) is 20.1 Å². The van der Waals surface area contributed by atoms with E-state index in [2.05, 4.69) is 20.1 Å². The molecule has 0 bridgehead atoms. The highest BCUT2D eigenvalue weighted by Gasteiger charge is 2.20. The second kappa shape index (κ2) is 5.20. The maximum absolute atomic E-state index is 11.0. The number of carboxylic acids is 1. The monoisotopic (exact) mass is 284 g/mol. The Morgan fingerprint density at radius 2 is 2.29 bits per heavy atom. The van der Waals surface area contributed by atoms with Crippen LogP contribution < -0.4 is 0 Å². The quantitative estimate of drug-likeness (QED) is 0.759. The Hall–Kier alpha value is -2.96. The van der Waals surface area contributed by atoms with Crippen LogP contribution in [0.3, 0.4) is 0 Å². The third kappa shape index (κ3) is 2.66. The summed E-state index contributed by atoms with van der Waals surface area (Å²) in [6.07, 6.45) is 1.80. The molecule has 0 radical (unpaired) electrons. The Morgan fingerprint density at radius 3 is 3.05 bits per heavy atom. The molecule has 0 aliphatic carbocycles. The highest BCUT2D eigenvalue weighted by Crippen LogP contribution is 2.19. The average molecular weight is 284 g/mol. The molecule has 7 heteroatoms. The fourth-order valence-electron chi connectivity index (χ4n) is 2.05. The molecule has 3 rings (SSSR count). The zero-order valence-electron chi connectivity index (χ0n) is 11.2. The largest absolute Gasteiger partial charge is 0.476 e. The molecule has 0 spiro atoms. The van der Waals surface area contributed by atoms with E-state index in [4.69, 9.17) is 9.63 Å². The standard InChI is InChI=1S/C14H12N4O3/c1-8-3-2-4-9(5-8)6-10-17-13(21-18-10)11-12(14(19)20)16-7-15-11/h2-5,7H,6H2,1H3,(H,15,16)(H,19,20). The number of hydrogen-bond donors (Lipinski definition) is 2. The van der Waals surface area contributed by atoms with E-state index >= 15 is 0 Å². The van der Waals surface area contributed by atoms with Crippen molar-refractivity contribution < 1.29 is 14.4 Å². The Bertz CT molecular complexity index is 791. The lowest BCUT2D eigenvalue weighted by molar-refractivity contribution is 0.0691. The van der Waals surface area contributed by atoms with E-state index in [9.17, 15) is 4.79 Å². The fraction of sp³-hybridized carbons (Fsp3) is 0.143. The van der Waals surface area contributed by atoms with Gasteiger partial charge >= 0.3 is 5.97 Å². The Kier molecular flexibility index (Phi) is 3.23. The number of nitrogens with one attached hydrogen (secondary N) is 1. The molecule has 2 heterocycles. The van der Waals surface area contributed by atoms with E-state index in [1.165, 1.54) is 6.33 Å². The van der Waals surface area contributed by atoms with Gasteiger partial charge in [-0.3, -0.25) is 0 Å². The lowest BCUT2D eigenvalue weighted by Crippen LogP contribution is -1.99. The first-order chi connectivity index (χ1) is 10.1. The van der Waals surface area contributed by atoms with Gasteiger partial charge in [0, 0.05) is 6.42 Å². The number of carboxylic acid groups (broad SMARTS) is 1. The minimum Gasteiger partial charge on any atom is -0.476 e. The first-order valence-corrected chi connectivity index (χ1v) is 6.28. The molecule has 3 aromatic rings. The molecular weight excluding hydrogens is 272 g/mol. The van der Waals surface area contributed by atoms with E-state index in [1.807, 2.05) is 31.2 Å². The number of carbonyl (C=O) groups is 1. The van der Waals surface area contributed by atoms with Crippen molar-refractivity contribution in [3.63, 3.8) is 0 Å². The van der Waals surface area contributed by atoms with Crippen LogP contribution >= 0.6 is 0 Å². The van der Waals surface area contributed by atoms with Gasteiger partial charge in [-0.25, -0.2) is 9.78 Å². The van der Waals surface area contributed by atoms with E-state index in [1.54, 1.807) is 0 Å². The number of aromatic amines is 1. The molecule has 0 amide bonds. The van der Waals surface area contributed by atoms with Crippen LogP contribution in [0.15, 0.2) is 35.1 Å². The van der Waals surface area contributed by atoms with Crippen molar-refractivity contribution >= 4 is 5.97 Å². The third-order valence-electron chi connectivity index (χ3n) is 2.97. The predicted molar refractivity (Wildman–Crippen MR) is 72.8 cm³/mol. The van der Waals surface area contributed by atoms with Gasteiger partial charge < -0.3 is 14.6 Å². The molecule has 1 aromatic carbocycles. The van der Waals surface area contributed by atoms with Gasteiger partial charge in [0.15, 0.2) is 11.5 Å². The zero-order chi connectivity index (χ0) is 14.8. The van der Waals surface area contributed by atoms with Gasteiger partial charge in [-0.15, -0.1) is 0 Å². The van der Waals surface area contributed by atoms with E-state index in [0.717, 1.165) is 11.1 Å². The Labute approximate surface area is 119 Å². The average Bonchev–Trinajstić information content (AvgIpc) is 3.06. The van der Waals surface area contributed by atoms with Crippen LogP contribution in [0.4, 0.5) is 0 Å². The van der Waals surface area contributed by atoms with Crippen molar-refractivity contribution in [3.05, 3.63) is 53.2 Å². The Balaban J connectivity index is 1.86. The summed E-state index contributed by atoms with van der Waals surface area (Å²) in [5.74, 6) is -0.543. The molecule has 2 aromatic heterocycles. The summed E-state index contributed by atoms with van der Waals surface area (Å²) in [7, 11) is 0. The van der Waals surface area contributed by atoms with Gasteiger partial charge in [0.1, 0.15) is 5.69 Å². The first-order valence-electron chi connectivity index (χ1n) is 6.28. The van der Waals surface area contributed by atoms with Gasteiger partial charge in [0.25, 0.3) is 5.89 Å². The van der Waals surface area contributed by atoms with Crippen LogP contribution in [0.2, 0.25) is 0 Å². The number of nitrogens with zero attached hydrogens (tertiary/aromatic N) is 3. The summed E-state index contributed by atoms with van der Waals surface area (Å²) in [5, 5.41) is 12.9.